The number of fused-ring (bicyclic) bond motifs is 5. The SMILES string of the molecule is Cc1cc(N2C[C@@H]3C[C@H](C2)[C@H](C(=O)N2CC=CC2)N2C(=O)CCC[C@@H]32)nc2cc(F)ccc12. The molecular weight excluding hydrogens is 419 g/mol. The number of anilines is 1. The number of pyridine rings is 1. The standard InChI is InChI=1S/C26H29FN4O2/c1-16-11-23(28-21-13-19(27)7-8-20(16)21)30-14-17-12-18(15-30)25(26(33)29-9-2-3-10-29)31-22(17)5-4-6-24(31)32/h2-3,7-8,11,13,17-18,22,25H,4-6,9-10,12,14-15H2,1H3/t17-,18+,22-,25+/m0/s1. The topological polar surface area (TPSA) is 56.8 Å². The molecule has 0 saturated carbocycles. The second-order valence-corrected chi connectivity index (χ2v) is 10.0. The zero-order valence-electron chi connectivity index (χ0n) is 18.9. The fourth-order valence-corrected chi connectivity index (χ4v) is 6.53. The molecule has 172 valence electrons. The van der Waals surface area contributed by atoms with Gasteiger partial charge in [-0.1, -0.05) is 12.2 Å². The minimum Gasteiger partial charge on any atom is -0.356 e. The van der Waals surface area contributed by atoms with Crippen molar-refractivity contribution in [2.45, 2.75) is 44.7 Å². The first-order valence-corrected chi connectivity index (χ1v) is 12.1. The maximum absolute atomic E-state index is 13.9. The lowest BCUT2D eigenvalue weighted by Crippen LogP contribution is -2.68. The van der Waals surface area contributed by atoms with Crippen molar-refractivity contribution in [3.05, 3.63) is 47.8 Å². The number of benzene rings is 1. The monoisotopic (exact) mass is 448 g/mol. The molecule has 3 fully saturated rings. The first kappa shape index (κ1) is 20.6. The number of piperidine rings is 3. The lowest BCUT2D eigenvalue weighted by atomic mass is 9.71. The van der Waals surface area contributed by atoms with E-state index < -0.39 is 6.04 Å². The Balaban J connectivity index is 1.36. The highest BCUT2D eigenvalue weighted by Crippen LogP contribution is 2.43. The number of aryl methyl sites for hydroxylation is 1. The summed E-state index contributed by atoms with van der Waals surface area (Å²) in [6.07, 6.45) is 7.39. The van der Waals surface area contributed by atoms with Gasteiger partial charge in [0.25, 0.3) is 0 Å². The van der Waals surface area contributed by atoms with Crippen LogP contribution in [0.15, 0.2) is 36.4 Å². The van der Waals surface area contributed by atoms with E-state index in [4.69, 9.17) is 4.98 Å². The molecule has 2 bridgehead atoms. The van der Waals surface area contributed by atoms with E-state index in [0.29, 0.717) is 37.5 Å². The average molecular weight is 449 g/mol. The van der Waals surface area contributed by atoms with Crippen LogP contribution in [0.5, 0.6) is 0 Å². The molecule has 1 aromatic carbocycles. The van der Waals surface area contributed by atoms with Crippen LogP contribution in [-0.4, -0.2) is 64.9 Å². The molecule has 7 heteroatoms. The molecule has 4 atom stereocenters. The second kappa shape index (κ2) is 7.82. The van der Waals surface area contributed by atoms with Crippen LogP contribution >= 0.6 is 0 Å². The summed E-state index contributed by atoms with van der Waals surface area (Å²) < 4.78 is 13.9. The largest absolute Gasteiger partial charge is 0.356 e. The van der Waals surface area contributed by atoms with Crippen LogP contribution in [0.1, 0.15) is 31.2 Å². The van der Waals surface area contributed by atoms with Crippen LogP contribution in [0.4, 0.5) is 10.2 Å². The predicted molar refractivity (Wildman–Crippen MR) is 124 cm³/mol. The van der Waals surface area contributed by atoms with Gasteiger partial charge in [-0.05, 0) is 55.9 Å². The summed E-state index contributed by atoms with van der Waals surface area (Å²) >= 11 is 0. The molecule has 2 amide bonds. The molecule has 1 aromatic heterocycles. The van der Waals surface area contributed by atoms with Gasteiger partial charge in [-0.2, -0.15) is 0 Å². The highest BCUT2D eigenvalue weighted by Gasteiger charge is 2.52. The lowest BCUT2D eigenvalue weighted by molar-refractivity contribution is -0.160. The summed E-state index contributed by atoms with van der Waals surface area (Å²) in [4.78, 5) is 37.6. The molecular formula is C26H29FN4O2. The Bertz CT molecular complexity index is 1160. The molecule has 0 aliphatic carbocycles. The third-order valence-corrected chi connectivity index (χ3v) is 8.01. The van der Waals surface area contributed by atoms with Gasteiger partial charge in [0.1, 0.15) is 17.7 Å². The van der Waals surface area contributed by atoms with E-state index in [2.05, 4.69) is 11.0 Å². The number of aromatic nitrogens is 1. The highest BCUT2D eigenvalue weighted by molar-refractivity contribution is 5.89. The minimum absolute atomic E-state index is 0.0699. The van der Waals surface area contributed by atoms with Crippen LogP contribution in [0.2, 0.25) is 0 Å². The molecule has 0 spiro atoms. The van der Waals surface area contributed by atoms with Crippen LogP contribution in [0.3, 0.4) is 0 Å². The molecule has 5 heterocycles. The Labute approximate surface area is 193 Å². The smallest absolute Gasteiger partial charge is 0.246 e. The Hall–Kier alpha value is -2.96. The number of carbonyl (C=O) groups excluding carboxylic acids is 2. The Morgan fingerprint density at radius 1 is 1.12 bits per heavy atom. The number of amides is 2. The van der Waals surface area contributed by atoms with Gasteiger partial charge in [-0.3, -0.25) is 9.59 Å². The number of carbonyl (C=O) groups is 2. The van der Waals surface area contributed by atoms with Gasteiger partial charge in [0, 0.05) is 56.0 Å². The van der Waals surface area contributed by atoms with Gasteiger partial charge in [0.2, 0.25) is 11.8 Å². The summed E-state index contributed by atoms with van der Waals surface area (Å²) in [5.74, 6) is 1.15. The third kappa shape index (κ3) is 3.40. The highest BCUT2D eigenvalue weighted by atomic mass is 19.1. The van der Waals surface area contributed by atoms with Crippen molar-refractivity contribution in [1.82, 2.24) is 14.8 Å². The van der Waals surface area contributed by atoms with E-state index in [-0.39, 0.29) is 29.6 Å². The zero-order chi connectivity index (χ0) is 22.7. The van der Waals surface area contributed by atoms with Crippen molar-refractivity contribution < 1.29 is 14.0 Å². The van der Waals surface area contributed by atoms with Gasteiger partial charge >= 0.3 is 0 Å². The fourth-order valence-electron chi connectivity index (χ4n) is 6.53. The number of rotatable bonds is 2. The number of hydrogen-bond donors (Lipinski definition) is 0. The zero-order valence-corrected chi connectivity index (χ0v) is 18.9. The van der Waals surface area contributed by atoms with Crippen molar-refractivity contribution in [2.24, 2.45) is 11.8 Å². The van der Waals surface area contributed by atoms with E-state index in [9.17, 15) is 14.0 Å². The Morgan fingerprint density at radius 3 is 2.73 bits per heavy atom. The molecule has 33 heavy (non-hydrogen) atoms. The predicted octanol–water partition coefficient (Wildman–Crippen LogP) is 3.29. The molecule has 2 aromatic rings. The van der Waals surface area contributed by atoms with Crippen molar-refractivity contribution in [3.8, 4) is 0 Å². The van der Waals surface area contributed by atoms with Crippen molar-refractivity contribution in [3.63, 3.8) is 0 Å². The minimum atomic E-state index is -0.402. The number of hydrogen-bond acceptors (Lipinski definition) is 4. The first-order chi connectivity index (χ1) is 16.0. The van der Waals surface area contributed by atoms with Crippen molar-refractivity contribution in [1.29, 1.82) is 0 Å². The number of halogens is 1. The maximum atomic E-state index is 13.9. The molecule has 0 radical (unpaired) electrons. The Kier molecular flexibility index (Phi) is 4.89. The van der Waals surface area contributed by atoms with E-state index >= 15 is 0 Å². The third-order valence-electron chi connectivity index (χ3n) is 8.01. The van der Waals surface area contributed by atoms with E-state index in [1.54, 1.807) is 6.07 Å². The van der Waals surface area contributed by atoms with Crippen molar-refractivity contribution in [2.75, 3.05) is 31.1 Å². The van der Waals surface area contributed by atoms with Gasteiger partial charge in [0.15, 0.2) is 0 Å². The summed E-state index contributed by atoms with van der Waals surface area (Å²) in [5, 5.41) is 0.955. The first-order valence-electron chi connectivity index (χ1n) is 12.1. The average Bonchev–Trinajstić information content (AvgIpc) is 3.34. The van der Waals surface area contributed by atoms with Gasteiger partial charge < -0.3 is 14.7 Å². The molecule has 4 aliphatic heterocycles. The molecule has 3 saturated heterocycles. The van der Waals surface area contributed by atoms with Gasteiger partial charge in [-0.15, -0.1) is 0 Å². The van der Waals surface area contributed by atoms with Crippen LogP contribution in [0.25, 0.3) is 10.9 Å². The quantitative estimate of drug-likeness (QED) is 0.662. The van der Waals surface area contributed by atoms with Gasteiger partial charge in [-0.25, -0.2) is 9.37 Å². The number of nitrogens with zero attached hydrogens (tertiary/aromatic N) is 4. The van der Waals surface area contributed by atoms with E-state index in [0.717, 1.165) is 42.6 Å². The van der Waals surface area contributed by atoms with Crippen LogP contribution in [0, 0.1) is 24.6 Å². The molecule has 0 unspecified atom stereocenters. The molecule has 0 N–H and O–H groups in total. The Morgan fingerprint density at radius 2 is 1.91 bits per heavy atom. The van der Waals surface area contributed by atoms with Gasteiger partial charge in [0.05, 0.1) is 5.52 Å². The van der Waals surface area contributed by atoms with Crippen LogP contribution < -0.4 is 4.90 Å². The second-order valence-electron chi connectivity index (χ2n) is 10.0. The maximum Gasteiger partial charge on any atom is 0.246 e. The summed E-state index contributed by atoms with van der Waals surface area (Å²) in [6.45, 7) is 4.77. The van der Waals surface area contributed by atoms with Crippen LogP contribution in [-0.2, 0) is 9.59 Å². The van der Waals surface area contributed by atoms with Crippen molar-refractivity contribution >= 4 is 28.5 Å². The normalized spacial score (nSPS) is 29.0. The summed E-state index contributed by atoms with van der Waals surface area (Å²) in [7, 11) is 0. The molecule has 6 rings (SSSR count). The van der Waals surface area contributed by atoms with E-state index in [1.165, 1.54) is 12.1 Å². The summed E-state index contributed by atoms with van der Waals surface area (Å²) in [6, 6.07) is 6.53. The molecule has 6 nitrogen and oxygen atoms in total. The molecule has 4 aliphatic rings. The summed E-state index contributed by atoms with van der Waals surface area (Å²) in [5.41, 5.74) is 1.72. The van der Waals surface area contributed by atoms with E-state index in [1.807, 2.05) is 28.9 Å². The fraction of sp³-hybridized carbons (Fsp3) is 0.500. The lowest BCUT2D eigenvalue weighted by Gasteiger charge is -2.56.